The number of hydrogen-bond donors (Lipinski definition) is 0. The van der Waals surface area contributed by atoms with E-state index in [1.807, 2.05) is 33.8 Å². The van der Waals surface area contributed by atoms with Crippen molar-refractivity contribution in [2.45, 2.75) is 65.1 Å². The lowest BCUT2D eigenvalue weighted by Gasteiger charge is -2.36. The summed E-state index contributed by atoms with van der Waals surface area (Å²) < 4.78 is 30.6. The maximum Gasteiger partial charge on any atom is 0.273 e. The Bertz CT molecular complexity index is 414. The first-order valence-electron chi connectivity index (χ1n) is 7.52. The summed E-state index contributed by atoms with van der Waals surface area (Å²) in [5.41, 5.74) is 0.978. The molecular formula is C16H27FO3Si. The zero-order valence-corrected chi connectivity index (χ0v) is 15.7. The predicted molar refractivity (Wildman–Crippen MR) is 85.5 cm³/mol. The molecule has 1 rings (SSSR count). The van der Waals surface area contributed by atoms with Crippen molar-refractivity contribution in [2.75, 3.05) is 0 Å². The summed E-state index contributed by atoms with van der Waals surface area (Å²) in [6, 6.07) is 6.68. The van der Waals surface area contributed by atoms with E-state index < -0.39 is 5.97 Å². The summed E-state index contributed by atoms with van der Waals surface area (Å²) in [5, 5.41) is 0. The maximum absolute atomic E-state index is 13.2. The van der Waals surface area contributed by atoms with Crippen LogP contribution in [0.5, 0.6) is 0 Å². The Hall–Kier alpha value is -0.753. The van der Waals surface area contributed by atoms with Crippen molar-refractivity contribution in [3.05, 3.63) is 35.6 Å². The predicted octanol–water partition coefficient (Wildman–Crippen LogP) is 2.95. The molecule has 0 heterocycles. The van der Waals surface area contributed by atoms with Gasteiger partial charge in [-0.2, -0.15) is 0 Å². The van der Waals surface area contributed by atoms with Crippen LogP contribution in [0, 0.1) is 5.82 Å². The first kappa shape index (κ1) is 18.3. The van der Waals surface area contributed by atoms with E-state index in [2.05, 4.69) is 0 Å². The molecule has 0 bridgehead atoms. The van der Waals surface area contributed by atoms with E-state index in [4.69, 9.17) is 13.9 Å². The fraction of sp³-hybridized carbons (Fsp3) is 0.625. The van der Waals surface area contributed by atoms with Crippen LogP contribution in [-0.2, 0) is 20.3 Å². The molecule has 5 heteroatoms. The van der Waals surface area contributed by atoms with E-state index in [1.165, 1.54) is 6.07 Å². The molecule has 0 spiro atoms. The van der Waals surface area contributed by atoms with E-state index >= 15 is 0 Å². The van der Waals surface area contributed by atoms with E-state index in [-0.39, 0.29) is 18.0 Å². The molecule has 0 saturated heterocycles. The molecular weight excluding hydrogens is 287 g/mol. The smallest absolute Gasteiger partial charge is 0.273 e. The topological polar surface area (TPSA) is 27.7 Å². The molecule has 0 N–H and O–H groups in total. The van der Waals surface area contributed by atoms with E-state index in [0.29, 0.717) is 16.9 Å². The lowest BCUT2D eigenvalue weighted by Crippen LogP contribution is -2.42. The summed E-state index contributed by atoms with van der Waals surface area (Å²) in [6.45, 7) is 7.86. The quantitative estimate of drug-likeness (QED) is 0.518. The van der Waals surface area contributed by atoms with Gasteiger partial charge in [0.2, 0.25) is 0 Å². The highest BCUT2D eigenvalue weighted by Crippen LogP contribution is 2.25. The number of hydrogen-bond acceptors (Lipinski definition) is 3. The molecule has 0 aliphatic carbocycles. The van der Waals surface area contributed by atoms with Crippen LogP contribution in [0.3, 0.4) is 0 Å². The number of aryl methyl sites for hydroxylation is 1. The molecule has 0 aromatic heterocycles. The molecule has 1 aromatic carbocycles. The second-order valence-electron chi connectivity index (χ2n) is 5.70. The van der Waals surface area contributed by atoms with Crippen molar-refractivity contribution in [3.8, 4) is 0 Å². The molecule has 1 aromatic rings. The van der Waals surface area contributed by atoms with E-state index in [9.17, 15) is 4.39 Å². The van der Waals surface area contributed by atoms with Gasteiger partial charge in [-0.3, -0.25) is 0 Å². The Labute approximate surface area is 130 Å². The molecule has 0 aliphatic heterocycles. The van der Waals surface area contributed by atoms with Gasteiger partial charge in [0.05, 0.1) is 12.2 Å². The highest BCUT2D eigenvalue weighted by atomic mass is 28.2. The summed E-state index contributed by atoms with van der Waals surface area (Å²) in [6.07, 6.45) is 2.25. The Balaban J connectivity index is 2.63. The number of halogens is 1. The number of ether oxygens (including phenoxy) is 2. The normalized spacial score (nSPS) is 12.5. The van der Waals surface area contributed by atoms with Crippen molar-refractivity contribution in [2.24, 2.45) is 0 Å². The minimum atomic E-state index is -0.970. The Morgan fingerprint density at radius 1 is 1.14 bits per heavy atom. The van der Waals surface area contributed by atoms with Crippen LogP contribution < -0.4 is 0 Å². The van der Waals surface area contributed by atoms with Gasteiger partial charge in [-0.15, -0.1) is 0 Å². The van der Waals surface area contributed by atoms with Gasteiger partial charge in [0, 0.05) is 6.42 Å². The standard InChI is InChI=1S/C16H27FO3Si/c1-12(2)18-16(20-21,19-13(3)4)10-6-8-14-7-5-9-15(17)11-14/h5,7,9,11-13H,6,8,10H2,1-4,21H3. The first-order valence-corrected chi connectivity index (χ1v) is 8.34. The summed E-state index contributed by atoms with van der Waals surface area (Å²) >= 11 is 0. The zero-order valence-electron chi connectivity index (χ0n) is 13.7. The molecule has 0 atom stereocenters. The van der Waals surface area contributed by atoms with E-state index in [0.717, 1.165) is 18.4 Å². The minimum absolute atomic E-state index is 0.0202. The molecule has 21 heavy (non-hydrogen) atoms. The monoisotopic (exact) mass is 314 g/mol. The van der Waals surface area contributed by atoms with Crippen molar-refractivity contribution >= 4 is 10.5 Å². The van der Waals surface area contributed by atoms with Gasteiger partial charge in [-0.25, -0.2) is 4.39 Å². The Morgan fingerprint density at radius 3 is 2.24 bits per heavy atom. The van der Waals surface area contributed by atoms with Gasteiger partial charge in [-0.1, -0.05) is 12.1 Å². The zero-order chi connectivity index (χ0) is 15.9. The minimum Gasteiger partial charge on any atom is -0.380 e. The molecule has 0 aliphatic rings. The van der Waals surface area contributed by atoms with Crippen LogP contribution in [0.2, 0.25) is 0 Å². The first-order chi connectivity index (χ1) is 9.87. The molecule has 0 radical (unpaired) electrons. The SMILES string of the molecule is CC(C)OC(CCCc1cccc(F)c1)(O[SiH3])OC(C)C. The number of benzene rings is 1. The molecule has 120 valence electrons. The third-order valence-corrected chi connectivity index (χ3v) is 3.60. The maximum atomic E-state index is 13.2. The van der Waals surface area contributed by atoms with Crippen LogP contribution in [-0.4, -0.2) is 28.7 Å². The van der Waals surface area contributed by atoms with E-state index in [1.54, 1.807) is 12.1 Å². The van der Waals surface area contributed by atoms with Crippen molar-refractivity contribution < 1.29 is 18.3 Å². The van der Waals surface area contributed by atoms with Gasteiger partial charge in [0.1, 0.15) is 5.82 Å². The van der Waals surface area contributed by atoms with Crippen LogP contribution in [0.15, 0.2) is 24.3 Å². The van der Waals surface area contributed by atoms with Crippen molar-refractivity contribution in [1.29, 1.82) is 0 Å². The second-order valence-corrected chi connectivity index (χ2v) is 6.11. The van der Waals surface area contributed by atoms with Gasteiger partial charge in [0.15, 0.2) is 10.5 Å². The highest BCUT2D eigenvalue weighted by molar-refractivity contribution is 5.98. The fourth-order valence-electron chi connectivity index (χ4n) is 2.26. The fourth-order valence-corrected chi connectivity index (χ4v) is 2.66. The van der Waals surface area contributed by atoms with Gasteiger partial charge < -0.3 is 13.9 Å². The molecule has 0 amide bonds. The molecule has 3 nitrogen and oxygen atoms in total. The van der Waals surface area contributed by atoms with Gasteiger partial charge >= 0.3 is 0 Å². The average molecular weight is 314 g/mol. The second kappa shape index (κ2) is 8.63. The van der Waals surface area contributed by atoms with Crippen LogP contribution >= 0.6 is 0 Å². The number of rotatable bonds is 9. The highest BCUT2D eigenvalue weighted by Gasteiger charge is 2.33. The molecule has 0 saturated carbocycles. The van der Waals surface area contributed by atoms with Gasteiger partial charge in [0.25, 0.3) is 5.97 Å². The third kappa shape index (κ3) is 6.69. The van der Waals surface area contributed by atoms with Gasteiger partial charge in [-0.05, 0) is 58.2 Å². The van der Waals surface area contributed by atoms with Crippen molar-refractivity contribution in [3.63, 3.8) is 0 Å². The van der Waals surface area contributed by atoms with Crippen LogP contribution in [0.1, 0.15) is 46.1 Å². The summed E-state index contributed by atoms with van der Waals surface area (Å²) in [5.74, 6) is -1.17. The Morgan fingerprint density at radius 2 is 1.76 bits per heavy atom. The van der Waals surface area contributed by atoms with Crippen LogP contribution in [0.4, 0.5) is 4.39 Å². The summed E-state index contributed by atoms with van der Waals surface area (Å²) in [4.78, 5) is 0. The van der Waals surface area contributed by atoms with Crippen LogP contribution in [0.25, 0.3) is 0 Å². The third-order valence-electron chi connectivity index (χ3n) is 2.98. The summed E-state index contributed by atoms with van der Waals surface area (Å²) in [7, 11) is 0.533. The Kier molecular flexibility index (Phi) is 7.52. The largest absolute Gasteiger partial charge is 0.380 e. The molecule has 0 fully saturated rings. The van der Waals surface area contributed by atoms with Crippen molar-refractivity contribution in [1.82, 2.24) is 0 Å². The molecule has 0 unspecified atom stereocenters. The lowest BCUT2D eigenvalue weighted by molar-refractivity contribution is -0.369. The average Bonchev–Trinajstić information content (AvgIpc) is 2.37. The lowest BCUT2D eigenvalue weighted by atomic mass is 10.1.